The molecule has 1 unspecified atom stereocenters. The Labute approximate surface area is 114 Å². The number of nitrogens with two attached hydrogens (primary N) is 1. The third kappa shape index (κ3) is 2.59. The van der Waals surface area contributed by atoms with Crippen LogP contribution < -0.4 is 11.1 Å². The summed E-state index contributed by atoms with van der Waals surface area (Å²) in [5.74, 6) is 0.141. The predicted octanol–water partition coefficient (Wildman–Crippen LogP) is 1.18. The van der Waals surface area contributed by atoms with Gasteiger partial charge in [-0.2, -0.15) is 0 Å². The third-order valence-electron chi connectivity index (χ3n) is 3.70. The van der Waals surface area contributed by atoms with E-state index in [2.05, 4.69) is 11.9 Å². The average Bonchev–Trinajstić information content (AvgIpc) is 2.42. The Morgan fingerprint density at radius 2 is 2.16 bits per heavy atom. The minimum Gasteiger partial charge on any atom is -0.328 e. The molecule has 0 saturated heterocycles. The lowest BCUT2D eigenvalue weighted by molar-refractivity contribution is 0.320. The third-order valence-corrected chi connectivity index (χ3v) is 5.46. The molecule has 0 aromatic heterocycles. The van der Waals surface area contributed by atoms with Gasteiger partial charge in [-0.05, 0) is 31.0 Å². The lowest BCUT2D eigenvalue weighted by Crippen LogP contribution is -2.52. The number of rotatable bonds is 5. The van der Waals surface area contributed by atoms with E-state index in [0.717, 1.165) is 18.5 Å². The highest BCUT2D eigenvalue weighted by Crippen LogP contribution is 2.36. The summed E-state index contributed by atoms with van der Waals surface area (Å²) >= 11 is 0. The van der Waals surface area contributed by atoms with Crippen LogP contribution in [0.1, 0.15) is 18.4 Å². The van der Waals surface area contributed by atoms with Gasteiger partial charge in [0.1, 0.15) is 0 Å². The summed E-state index contributed by atoms with van der Waals surface area (Å²) in [5.41, 5.74) is 6.30. The van der Waals surface area contributed by atoms with Crippen molar-refractivity contribution in [3.63, 3.8) is 0 Å². The number of nitrogens with one attached hydrogen (secondary N) is 1. The zero-order chi connectivity index (χ0) is 13.9. The molecule has 0 radical (unpaired) electrons. The van der Waals surface area contributed by atoms with Gasteiger partial charge in [0.2, 0.25) is 0 Å². The highest BCUT2D eigenvalue weighted by Gasteiger charge is 2.40. The second-order valence-corrected chi connectivity index (χ2v) is 6.93. The summed E-state index contributed by atoms with van der Waals surface area (Å²) in [6.45, 7) is 4.82. The molecule has 0 amide bonds. The molecule has 2 rings (SSSR count). The van der Waals surface area contributed by atoms with Gasteiger partial charge in [0.25, 0.3) is 0 Å². The van der Waals surface area contributed by atoms with Gasteiger partial charge in [0.15, 0.2) is 9.84 Å². The molecule has 3 N–H and O–H groups in total. The van der Waals surface area contributed by atoms with Crippen molar-refractivity contribution in [2.75, 3.05) is 18.8 Å². The van der Waals surface area contributed by atoms with Gasteiger partial charge in [-0.1, -0.05) is 24.3 Å². The summed E-state index contributed by atoms with van der Waals surface area (Å²) < 4.78 is 24.2. The molecule has 5 heteroatoms. The second kappa shape index (κ2) is 5.45. The molecule has 0 fully saturated rings. The Morgan fingerprint density at radius 1 is 1.42 bits per heavy atom. The molecule has 1 aromatic carbocycles. The maximum absolute atomic E-state index is 12.1. The molecule has 0 saturated carbocycles. The van der Waals surface area contributed by atoms with Crippen molar-refractivity contribution in [2.45, 2.75) is 23.3 Å². The number of fused-ring (bicyclic) bond motifs is 1. The Morgan fingerprint density at radius 3 is 2.84 bits per heavy atom. The first-order valence-corrected chi connectivity index (χ1v) is 8.09. The highest BCUT2D eigenvalue weighted by atomic mass is 32.2. The van der Waals surface area contributed by atoms with Crippen LogP contribution in [-0.2, 0) is 15.4 Å². The lowest BCUT2D eigenvalue weighted by Gasteiger charge is -2.39. The molecule has 0 aliphatic carbocycles. The van der Waals surface area contributed by atoms with E-state index >= 15 is 0 Å². The van der Waals surface area contributed by atoms with Crippen LogP contribution in [-0.4, -0.2) is 27.3 Å². The monoisotopic (exact) mass is 280 g/mol. The molecule has 104 valence electrons. The lowest BCUT2D eigenvalue weighted by atomic mass is 9.86. The maximum atomic E-state index is 12.1. The fourth-order valence-electron chi connectivity index (χ4n) is 2.57. The van der Waals surface area contributed by atoms with E-state index in [1.54, 1.807) is 12.1 Å². The molecule has 1 aliphatic rings. The van der Waals surface area contributed by atoms with Crippen LogP contribution in [0.5, 0.6) is 0 Å². The van der Waals surface area contributed by atoms with Gasteiger partial charge in [-0.15, -0.1) is 6.58 Å². The Bertz CT molecular complexity index is 569. The number of hydrogen-bond donors (Lipinski definition) is 2. The van der Waals surface area contributed by atoms with E-state index < -0.39 is 15.4 Å². The molecule has 19 heavy (non-hydrogen) atoms. The first kappa shape index (κ1) is 14.2. The topological polar surface area (TPSA) is 72.2 Å². The van der Waals surface area contributed by atoms with Crippen LogP contribution in [0.3, 0.4) is 0 Å². The standard InChI is InChI=1S/C14H20N2O2S/c1-2-3-9-16-14(11-15)8-10-19(17,18)13-7-5-4-6-12(13)14/h2,4-7,16H,1,3,8-11,15H2. The Hall–Kier alpha value is -1.17. The van der Waals surface area contributed by atoms with Crippen molar-refractivity contribution in [3.05, 3.63) is 42.5 Å². The number of sulfone groups is 1. The van der Waals surface area contributed by atoms with Crippen molar-refractivity contribution >= 4 is 9.84 Å². The fourth-order valence-corrected chi connectivity index (χ4v) is 4.29. The Kier molecular flexibility index (Phi) is 4.08. The van der Waals surface area contributed by atoms with E-state index in [4.69, 9.17) is 5.73 Å². The van der Waals surface area contributed by atoms with Gasteiger partial charge in [-0.3, -0.25) is 0 Å². The van der Waals surface area contributed by atoms with Crippen LogP contribution in [0.15, 0.2) is 41.8 Å². The minimum atomic E-state index is -3.17. The van der Waals surface area contributed by atoms with E-state index in [0.29, 0.717) is 17.9 Å². The first-order valence-electron chi connectivity index (χ1n) is 6.44. The SMILES string of the molecule is C=CCCNC1(CN)CCS(=O)(=O)c2ccccc21. The van der Waals surface area contributed by atoms with Gasteiger partial charge >= 0.3 is 0 Å². The van der Waals surface area contributed by atoms with Crippen LogP contribution in [0.4, 0.5) is 0 Å². The summed E-state index contributed by atoms with van der Waals surface area (Å²) in [6.07, 6.45) is 3.18. The molecule has 1 heterocycles. The molecular formula is C14H20N2O2S. The fraction of sp³-hybridized carbons (Fsp3) is 0.429. The molecule has 4 nitrogen and oxygen atoms in total. The summed E-state index contributed by atoms with van der Waals surface area (Å²) in [6, 6.07) is 7.15. The Balaban J connectivity index is 2.44. The molecule has 0 spiro atoms. The highest BCUT2D eigenvalue weighted by molar-refractivity contribution is 7.91. The molecule has 1 aliphatic heterocycles. The maximum Gasteiger partial charge on any atom is 0.178 e. The van der Waals surface area contributed by atoms with E-state index in [9.17, 15) is 8.42 Å². The number of benzene rings is 1. The zero-order valence-electron chi connectivity index (χ0n) is 10.9. The van der Waals surface area contributed by atoms with Crippen molar-refractivity contribution in [2.24, 2.45) is 5.73 Å². The second-order valence-electron chi connectivity index (χ2n) is 4.86. The minimum absolute atomic E-state index is 0.141. The van der Waals surface area contributed by atoms with E-state index in [-0.39, 0.29) is 5.75 Å². The largest absolute Gasteiger partial charge is 0.328 e. The predicted molar refractivity (Wildman–Crippen MR) is 76.7 cm³/mol. The normalized spacial score (nSPS) is 24.7. The van der Waals surface area contributed by atoms with Crippen LogP contribution >= 0.6 is 0 Å². The zero-order valence-corrected chi connectivity index (χ0v) is 11.7. The van der Waals surface area contributed by atoms with E-state index in [1.807, 2.05) is 18.2 Å². The molecule has 1 aromatic rings. The van der Waals surface area contributed by atoms with Crippen LogP contribution in [0, 0.1) is 0 Å². The average molecular weight is 280 g/mol. The van der Waals surface area contributed by atoms with Crippen molar-refractivity contribution in [1.29, 1.82) is 0 Å². The molecule has 1 atom stereocenters. The summed E-state index contributed by atoms with van der Waals surface area (Å²) in [7, 11) is -3.17. The van der Waals surface area contributed by atoms with Gasteiger partial charge in [-0.25, -0.2) is 8.42 Å². The van der Waals surface area contributed by atoms with E-state index in [1.165, 1.54) is 0 Å². The van der Waals surface area contributed by atoms with Crippen LogP contribution in [0.2, 0.25) is 0 Å². The molecule has 0 bridgehead atoms. The van der Waals surface area contributed by atoms with Crippen LogP contribution in [0.25, 0.3) is 0 Å². The summed E-state index contributed by atoms with van der Waals surface area (Å²) in [5, 5.41) is 3.42. The summed E-state index contributed by atoms with van der Waals surface area (Å²) in [4.78, 5) is 0.415. The smallest absolute Gasteiger partial charge is 0.178 e. The first-order chi connectivity index (χ1) is 9.06. The van der Waals surface area contributed by atoms with Gasteiger partial charge < -0.3 is 11.1 Å². The van der Waals surface area contributed by atoms with Gasteiger partial charge in [0, 0.05) is 6.54 Å². The van der Waals surface area contributed by atoms with Crippen molar-refractivity contribution in [1.82, 2.24) is 5.32 Å². The number of hydrogen-bond acceptors (Lipinski definition) is 4. The van der Waals surface area contributed by atoms with Gasteiger partial charge in [0.05, 0.1) is 16.2 Å². The molecular weight excluding hydrogens is 260 g/mol. The van der Waals surface area contributed by atoms with Crippen molar-refractivity contribution in [3.8, 4) is 0 Å². The quantitative estimate of drug-likeness (QED) is 0.627. The van der Waals surface area contributed by atoms with Crippen molar-refractivity contribution < 1.29 is 8.42 Å².